The van der Waals surface area contributed by atoms with E-state index in [1.807, 2.05) is 31.2 Å². The van der Waals surface area contributed by atoms with E-state index < -0.39 is 5.63 Å². The molecular formula is C24H18Cl2O3S. The van der Waals surface area contributed by atoms with Gasteiger partial charge in [0, 0.05) is 16.7 Å². The molecule has 6 heteroatoms. The Hall–Kier alpha value is -2.40. The van der Waals surface area contributed by atoms with Crippen molar-refractivity contribution in [3.05, 3.63) is 104 Å². The molecule has 3 nitrogen and oxygen atoms in total. The Balaban J connectivity index is 1.45. The molecule has 3 aromatic carbocycles. The van der Waals surface area contributed by atoms with Crippen LogP contribution in [-0.4, -0.2) is 0 Å². The van der Waals surface area contributed by atoms with E-state index in [9.17, 15) is 4.79 Å². The second-order valence-corrected chi connectivity index (χ2v) is 8.76. The minimum atomic E-state index is -0.410. The fraction of sp³-hybridized carbons (Fsp3) is 0.125. The van der Waals surface area contributed by atoms with Crippen molar-refractivity contribution in [1.29, 1.82) is 0 Å². The van der Waals surface area contributed by atoms with Gasteiger partial charge < -0.3 is 9.15 Å². The van der Waals surface area contributed by atoms with E-state index in [2.05, 4.69) is 30.3 Å². The van der Waals surface area contributed by atoms with Gasteiger partial charge in [0.2, 0.25) is 0 Å². The van der Waals surface area contributed by atoms with Gasteiger partial charge in [-0.1, -0.05) is 53.5 Å². The minimum absolute atomic E-state index is 0.0710. The third-order valence-electron chi connectivity index (χ3n) is 4.51. The molecule has 1 aromatic heterocycles. The first-order valence-electron chi connectivity index (χ1n) is 9.31. The van der Waals surface area contributed by atoms with Gasteiger partial charge >= 0.3 is 5.63 Å². The van der Waals surface area contributed by atoms with Gasteiger partial charge in [-0.05, 0) is 59.2 Å². The Morgan fingerprint density at radius 1 is 0.933 bits per heavy atom. The maximum absolute atomic E-state index is 11.5. The van der Waals surface area contributed by atoms with E-state index in [1.165, 1.54) is 21.7 Å². The minimum Gasteiger partial charge on any atom is -0.483 e. The zero-order chi connectivity index (χ0) is 21.1. The molecule has 0 radical (unpaired) electrons. The Morgan fingerprint density at radius 2 is 1.67 bits per heavy atom. The second-order valence-electron chi connectivity index (χ2n) is 6.89. The quantitative estimate of drug-likeness (QED) is 0.285. The summed E-state index contributed by atoms with van der Waals surface area (Å²) in [5.74, 6) is 1.52. The summed E-state index contributed by atoms with van der Waals surface area (Å²) in [6, 6.07) is 21.6. The van der Waals surface area contributed by atoms with Crippen LogP contribution in [0.15, 0.2) is 80.8 Å². The first-order valence-corrected chi connectivity index (χ1v) is 11.0. The zero-order valence-electron chi connectivity index (χ0n) is 16.2. The average molecular weight is 457 g/mol. The Labute approximate surface area is 188 Å². The average Bonchev–Trinajstić information content (AvgIpc) is 2.71. The SMILES string of the molecule is Cc1cc(COc2c(Cl)cc(CSc3ccc4ccccc4c3)cc2Cl)oc(=O)c1. The normalized spacial score (nSPS) is 11.0. The third kappa shape index (κ3) is 5.01. The van der Waals surface area contributed by atoms with Gasteiger partial charge in [0.15, 0.2) is 5.75 Å². The molecule has 0 amide bonds. The number of hydrogen-bond acceptors (Lipinski definition) is 4. The predicted molar refractivity (Wildman–Crippen MR) is 124 cm³/mol. The Kier molecular flexibility index (Phi) is 6.38. The summed E-state index contributed by atoms with van der Waals surface area (Å²) in [6.45, 7) is 1.89. The standard InChI is InChI=1S/C24H18Cl2O3S/c1-15-8-19(29-23(27)9-15)13-28-24-21(25)10-16(11-22(24)26)14-30-20-7-6-17-4-2-3-5-18(17)12-20/h2-12H,13-14H2,1H3. The van der Waals surface area contributed by atoms with Crippen molar-refractivity contribution in [2.75, 3.05) is 0 Å². The summed E-state index contributed by atoms with van der Waals surface area (Å²) in [6.07, 6.45) is 0. The van der Waals surface area contributed by atoms with Crippen LogP contribution in [0.1, 0.15) is 16.9 Å². The summed E-state index contributed by atoms with van der Waals surface area (Å²) in [7, 11) is 0. The van der Waals surface area contributed by atoms with Crippen LogP contribution >= 0.6 is 35.0 Å². The van der Waals surface area contributed by atoms with Gasteiger partial charge in [0.1, 0.15) is 12.4 Å². The first-order chi connectivity index (χ1) is 14.5. The number of aryl methyl sites for hydroxylation is 1. The summed E-state index contributed by atoms with van der Waals surface area (Å²) in [5.41, 5.74) is 1.40. The van der Waals surface area contributed by atoms with E-state index in [-0.39, 0.29) is 6.61 Å². The van der Waals surface area contributed by atoms with E-state index >= 15 is 0 Å². The van der Waals surface area contributed by atoms with Gasteiger partial charge in [-0.15, -0.1) is 11.8 Å². The molecule has 0 saturated carbocycles. The first kappa shape index (κ1) is 20.9. The molecule has 30 heavy (non-hydrogen) atoms. The van der Waals surface area contributed by atoms with Crippen LogP contribution in [0.4, 0.5) is 0 Å². The van der Waals surface area contributed by atoms with E-state index in [4.69, 9.17) is 32.4 Å². The smallest absolute Gasteiger partial charge is 0.336 e. The highest BCUT2D eigenvalue weighted by molar-refractivity contribution is 7.98. The Morgan fingerprint density at radius 3 is 2.40 bits per heavy atom. The predicted octanol–water partition coefficient (Wildman–Crippen LogP) is 7.28. The summed E-state index contributed by atoms with van der Waals surface area (Å²) < 4.78 is 10.9. The fourth-order valence-corrected chi connectivity index (χ4v) is 4.66. The maximum Gasteiger partial charge on any atom is 0.336 e. The molecule has 0 bridgehead atoms. The lowest BCUT2D eigenvalue weighted by Gasteiger charge is -2.12. The topological polar surface area (TPSA) is 39.4 Å². The van der Waals surface area contributed by atoms with Crippen molar-refractivity contribution >= 4 is 45.7 Å². The van der Waals surface area contributed by atoms with Gasteiger partial charge in [-0.3, -0.25) is 0 Å². The van der Waals surface area contributed by atoms with Crippen LogP contribution in [0.3, 0.4) is 0 Å². The van der Waals surface area contributed by atoms with Gasteiger partial charge in [0.05, 0.1) is 10.0 Å². The molecule has 0 saturated heterocycles. The molecule has 0 fully saturated rings. The number of thioether (sulfide) groups is 1. The van der Waals surface area contributed by atoms with E-state index in [0.717, 1.165) is 16.9 Å². The van der Waals surface area contributed by atoms with E-state index in [0.29, 0.717) is 21.6 Å². The molecule has 0 aliphatic carbocycles. The van der Waals surface area contributed by atoms with Crippen molar-refractivity contribution < 1.29 is 9.15 Å². The summed E-state index contributed by atoms with van der Waals surface area (Å²) >= 11 is 14.5. The van der Waals surface area contributed by atoms with Crippen molar-refractivity contribution in [2.45, 2.75) is 24.2 Å². The number of benzene rings is 3. The molecule has 0 unspecified atom stereocenters. The van der Waals surface area contributed by atoms with Crippen LogP contribution in [0.2, 0.25) is 10.0 Å². The molecule has 0 N–H and O–H groups in total. The number of rotatable bonds is 6. The van der Waals surface area contributed by atoms with Gasteiger partial charge in [0.25, 0.3) is 0 Å². The highest BCUT2D eigenvalue weighted by atomic mass is 35.5. The molecule has 1 heterocycles. The Bertz CT molecular complexity index is 1240. The molecule has 4 rings (SSSR count). The van der Waals surface area contributed by atoms with Crippen molar-refractivity contribution in [2.24, 2.45) is 0 Å². The monoisotopic (exact) mass is 456 g/mol. The lowest BCUT2D eigenvalue weighted by Crippen LogP contribution is -2.04. The fourth-order valence-electron chi connectivity index (χ4n) is 3.14. The number of fused-ring (bicyclic) bond motifs is 1. The maximum atomic E-state index is 11.5. The summed E-state index contributed by atoms with van der Waals surface area (Å²) in [4.78, 5) is 12.7. The van der Waals surface area contributed by atoms with Gasteiger partial charge in [-0.25, -0.2) is 4.79 Å². The van der Waals surface area contributed by atoms with E-state index in [1.54, 1.807) is 17.8 Å². The number of hydrogen-bond donors (Lipinski definition) is 0. The molecule has 152 valence electrons. The van der Waals surface area contributed by atoms with Crippen LogP contribution in [0.25, 0.3) is 10.8 Å². The largest absolute Gasteiger partial charge is 0.483 e. The highest BCUT2D eigenvalue weighted by Gasteiger charge is 2.12. The lowest BCUT2D eigenvalue weighted by atomic mass is 10.1. The molecule has 0 aliphatic rings. The highest BCUT2D eigenvalue weighted by Crippen LogP contribution is 2.36. The van der Waals surface area contributed by atoms with Crippen molar-refractivity contribution in [3.63, 3.8) is 0 Å². The molecule has 0 atom stereocenters. The molecule has 0 aliphatic heterocycles. The molecular weight excluding hydrogens is 439 g/mol. The summed E-state index contributed by atoms with van der Waals surface area (Å²) in [5, 5.41) is 3.28. The second kappa shape index (κ2) is 9.17. The molecule has 4 aromatic rings. The van der Waals surface area contributed by atoms with Crippen molar-refractivity contribution in [1.82, 2.24) is 0 Å². The third-order valence-corrected chi connectivity index (χ3v) is 6.14. The van der Waals surface area contributed by atoms with Crippen LogP contribution < -0.4 is 10.4 Å². The van der Waals surface area contributed by atoms with Crippen LogP contribution in [0.5, 0.6) is 5.75 Å². The zero-order valence-corrected chi connectivity index (χ0v) is 18.5. The van der Waals surface area contributed by atoms with Crippen LogP contribution in [-0.2, 0) is 12.4 Å². The lowest BCUT2D eigenvalue weighted by molar-refractivity contribution is 0.262. The van der Waals surface area contributed by atoms with Crippen LogP contribution in [0, 0.1) is 6.92 Å². The molecule has 0 spiro atoms. The number of ether oxygens (including phenoxy) is 1. The van der Waals surface area contributed by atoms with Gasteiger partial charge in [-0.2, -0.15) is 0 Å². The number of halogens is 2. The van der Waals surface area contributed by atoms with Crippen molar-refractivity contribution in [3.8, 4) is 5.75 Å².